The van der Waals surface area contributed by atoms with E-state index in [1.54, 1.807) is 0 Å². The maximum absolute atomic E-state index is 11.4. The van der Waals surface area contributed by atoms with Crippen LogP contribution in [0.1, 0.15) is 18.4 Å². The highest BCUT2D eigenvalue weighted by atomic mass is 16.4. The predicted octanol–water partition coefficient (Wildman–Crippen LogP) is -1.17. The Morgan fingerprint density at radius 2 is 2.18 bits per heavy atom. The van der Waals surface area contributed by atoms with Gasteiger partial charge < -0.3 is 21.1 Å². The molecule has 0 radical (unpaired) electrons. The molecule has 1 aromatic heterocycles. The fourth-order valence-corrected chi connectivity index (χ4v) is 1.32. The highest BCUT2D eigenvalue weighted by Gasteiger charge is 2.14. The van der Waals surface area contributed by atoms with E-state index in [0.717, 1.165) is 0 Å². The summed E-state index contributed by atoms with van der Waals surface area (Å²) in [5, 5.41) is 26.8. The van der Waals surface area contributed by atoms with Crippen LogP contribution in [0.3, 0.4) is 0 Å². The first-order chi connectivity index (χ1) is 7.91. The van der Waals surface area contributed by atoms with Crippen molar-refractivity contribution in [3.63, 3.8) is 0 Å². The van der Waals surface area contributed by atoms with Crippen LogP contribution < -0.4 is 11.3 Å². The van der Waals surface area contributed by atoms with Crippen LogP contribution in [-0.4, -0.2) is 37.4 Å². The van der Waals surface area contributed by atoms with Crippen molar-refractivity contribution >= 4 is 11.9 Å². The van der Waals surface area contributed by atoms with Crippen molar-refractivity contribution in [2.75, 3.05) is 5.73 Å². The van der Waals surface area contributed by atoms with Crippen LogP contribution >= 0.6 is 0 Å². The van der Waals surface area contributed by atoms with Gasteiger partial charge in [-0.05, 0) is 19.3 Å². The highest BCUT2D eigenvalue weighted by molar-refractivity contribution is 5.71. The van der Waals surface area contributed by atoms with E-state index >= 15 is 0 Å². The topological polar surface area (TPSA) is 150 Å². The molecular formula is C9H13N3O5. The summed E-state index contributed by atoms with van der Waals surface area (Å²) in [6.07, 6.45) is -1.15. The number of aromatic hydroxyl groups is 1. The molecule has 0 spiro atoms. The summed E-state index contributed by atoms with van der Waals surface area (Å²) >= 11 is 0. The molecular weight excluding hydrogens is 230 g/mol. The molecule has 1 atom stereocenters. The van der Waals surface area contributed by atoms with Crippen LogP contribution in [0, 0.1) is 0 Å². The van der Waals surface area contributed by atoms with E-state index < -0.39 is 23.5 Å². The van der Waals surface area contributed by atoms with Gasteiger partial charge in [-0.1, -0.05) is 0 Å². The van der Waals surface area contributed by atoms with Gasteiger partial charge in [0, 0.05) is 0 Å². The lowest BCUT2D eigenvalue weighted by Crippen LogP contribution is -2.20. The van der Waals surface area contributed by atoms with Gasteiger partial charge in [0.15, 0.2) is 6.10 Å². The van der Waals surface area contributed by atoms with Gasteiger partial charge in [0.05, 0.1) is 5.56 Å². The lowest BCUT2D eigenvalue weighted by molar-refractivity contribution is -0.146. The second kappa shape index (κ2) is 5.30. The van der Waals surface area contributed by atoms with Gasteiger partial charge in [-0.25, -0.2) is 4.79 Å². The lowest BCUT2D eigenvalue weighted by atomic mass is 10.1. The molecule has 8 heteroatoms. The van der Waals surface area contributed by atoms with Crippen molar-refractivity contribution < 1.29 is 20.1 Å². The van der Waals surface area contributed by atoms with Crippen LogP contribution in [0.25, 0.3) is 0 Å². The number of nitrogen functional groups attached to an aromatic ring is 1. The number of rotatable bonds is 5. The number of aromatic amines is 1. The molecule has 6 N–H and O–H groups in total. The first-order valence-corrected chi connectivity index (χ1v) is 4.90. The minimum Gasteiger partial charge on any atom is -0.493 e. The van der Waals surface area contributed by atoms with Crippen molar-refractivity contribution in [1.82, 2.24) is 9.97 Å². The summed E-state index contributed by atoms with van der Waals surface area (Å²) in [6.45, 7) is 0. The molecule has 0 aliphatic carbocycles. The molecule has 0 amide bonds. The van der Waals surface area contributed by atoms with E-state index in [-0.39, 0.29) is 30.8 Å². The van der Waals surface area contributed by atoms with E-state index in [2.05, 4.69) is 9.97 Å². The summed E-state index contributed by atoms with van der Waals surface area (Å²) < 4.78 is 0. The third-order valence-electron chi connectivity index (χ3n) is 2.20. The molecule has 0 fully saturated rings. The van der Waals surface area contributed by atoms with Crippen LogP contribution in [0.4, 0.5) is 5.95 Å². The number of hydrogen-bond donors (Lipinski definition) is 5. The average molecular weight is 243 g/mol. The molecule has 0 bridgehead atoms. The number of aliphatic carboxylic acids is 1. The highest BCUT2D eigenvalue weighted by Crippen LogP contribution is 2.12. The first-order valence-electron chi connectivity index (χ1n) is 4.90. The zero-order valence-electron chi connectivity index (χ0n) is 8.88. The zero-order valence-corrected chi connectivity index (χ0v) is 8.88. The number of anilines is 1. The number of nitrogens with one attached hydrogen (secondary N) is 1. The van der Waals surface area contributed by atoms with E-state index in [9.17, 15) is 14.7 Å². The number of carboxylic acid groups (broad SMARTS) is 1. The molecule has 1 aromatic rings. The number of aliphatic hydroxyl groups is 1. The number of aliphatic hydroxyl groups excluding tert-OH is 1. The maximum atomic E-state index is 11.4. The molecule has 0 saturated carbocycles. The van der Waals surface area contributed by atoms with E-state index in [1.165, 1.54) is 0 Å². The van der Waals surface area contributed by atoms with Gasteiger partial charge in [-0.3, -0.25) is 9.78 Å². The molecule has 0 unspecified atom stereocenters. The Labute approximate surface area is 95.7 Å². The van der Waals surface area contributed by atoms with Gasteiger partial charge in [0.25, 0.3) is 5.56 Å². The van der Waals surface area contributed by atoms with Crippen LogP contribution in [0.2, 0.25) is 0 Å². The van der Waals surface area contributed by atoms with Gasteiger partial charge in [0.2, 0.25) is 11.8 Å². The molecule has 0 aliphatic rings. The van der Waals surface area contributed by atoms with Crippen molar-refractivity contribution in [3.8, 4) is 5.88 Å². The van der Waals surface area contributed by atoms with Gasteiger partial charge in [-0.2, -0.15) is 4.98 Å². The van der Waals surface area contributed by atoms with Crippen molar-refractivity contribution in [3.05, 3.63) is 15.9 Å². The first kappa shape index (κ1) is 13.0. The van der Waals surface area contributed by atoms with Crippen molar-refractivity contribution in [2.45, 2.75) is 25.4 Å². The Kier molecular flexibility index (Phi) is 4.05. The number of carbonyl (C=O) groups is 1. The monoisotopic (exact) mass is 243 g/mol. The van der Waals surface area contributed by atoms with Crippen LogP contribution in [0.5, 0.6) is 5.88 Å². The van der Waals surface area contributed by atoms with Crippen molar-refractivity contribution in [2.24, 2.45) is 0 Å². The smallest absolute Gasteiger partial charge is 0.332 e. The summed E-state index contributed by atoms with van der Waals surface area (Å²) in [6, 6.07) is 0. The zero-order chi connectivity index (χ0) is 13.0. The largest absolute Gasteiger partial charge is 0.493 e. The van der Waals surface area contributed by atoms with Crippen LogP contribution in [0.15, 0.2) is 4.79 Å². The molecule has 0 saturated heterocycles. The van der Waals surface area contributed by atoms with Gasteiger partial charge in [-0.15, -0.1) is 0 Å². The quantitative estimate of drug-likeness (QED) is 0.437. The van der Waals surface area contributed by atoms with Gasteiger partial charge >= 0.3 is 5.97 Å². The summed E-state index contributed by atoms with van der Waals surface area (Å²) in [4.78, 5) is 27.4. The predicted molar refractivity (Wildman–Crippen MR) is 57.5 cm³/mol. The number of nitrogens with zero attached hydrogens (tertiary/aromatic N) is 1. The summed E-state index contributed by atoms with van der Waals surface area (Å²) in [5.41, 5.74) is 4.66. The molecule has 8 nitrogen and oxygen atoms in total. The summed E-state index contributed by atoms with van der Waals surface area (Å²) in [5.74, 6) is -1.99. The normalized spacial score (nSPS) is 12.3. The Morgan fingerprint density at radius 1 is 1.53 bits per heavy atom. The molecule has 17 heavy (non-hydrogen) atoms. The average Bonchev–Trinajstić information content (AvgIpc) is 2.21. The Hall–Kier alpha value is -2.09. The van der Waals surface area contributed by atoms with E-state index in [4.69, 9.17) is 15.9 Å². The Balaban J connectivity index is 2.64. The maximum Gasteiger partial charge on any atom is 0.332 e. The van der Waals surface area contributed by atoms with E-state index in [1.807, 2.05) is 0 Å². The second-order valence-electron chi connectivity index (χ2n) is 3.50. The Bertz CT molecular complexity index is 470. The van der Waals surface area contributed by atoms with Crippen LogP contribution in [-0.2, 0) is 11.2 Å². The van der Waals surface area contributed by atoms with E-state index in [0.29, 0.717) is 0 Å². The Morgan fingerprint density at radius 3 is 2.71 bits per heavy atom. The fraction of sp³-hybridized carbons (Fsp3) is 0.444. The standard InChI is InChI=1S/C9H13N3O5/c10-9-11-6(14)4(7(15)12-9)2-1-3-5(13)8(16)17/h5,13H,1-3H2,(H,16,17)(H4,10,11,12,14,15)/t5-/m1/s1. The minimum absolute atomic E-state index is 0.0153. The molecule has 0 aliphatic heterocycles. The number of H-pyrrole nitrogens is 1. The number of hydrogen-bond acceptors (Lipinski definition) is 6. The van der Waals surface area contributed by atoms with Gasteiger partial charge in [0.1, 0.15) is 0 Å². The fourth-order valence-electron chi connectivity index (χ4n) is 1.32. The molecule has 94 valence electrons. The number of nitrogens with two attached hydrogens (primary N) is 1. The third-order valence-corrected chi connectivity index (χ3v) is 2.20. The number of carboxylic acids is 1. The van der Waals surface area contributed by atoms with Crippen molar-refractivity contribution in [1.29, 1.82) is 0 Å². The third kappa shape index (κ3) is 3.45. The SMILES string of the molecule is Nc1nc(O)c(CCC[C@@H](O)C(=O)O)c(=O)[nH]1. The molecule has 1 rings (SSSR count). The minimum atomic E-state index is -1.47. The summed E-state index contributed by atoms with van der Waals surface area (Å²) in [7, 11) is 0. The number of aromatic nitrogens is 2. The molecule has 1 heterocycles. The molecule has 0 aromatic carbocycles. The lowest BCUT2D eigenvalue weighted by Gasteiger charge is -2.05. The second-order valence-corrected chi connectivity index (χ2v) is 3.50.